The number of anilines is 1. The van der Waals surface area contributed by atoms with Crippen LogP contribution in [0, 0.1) is 0 Å². The standard InChI is InChI=1S/C17H25N3OS/c1-3-18-8-10-19(11-9-18)14(2)17(21)20-12-13-22-16-7-5-4-6-15(16)20/h4-7,14H,3,8-13H2,1-2H3. The molecule has 1 aromatic carbocycles. The number of fused-ring (bicyclic) bond motifs is 1. The summed E-state index contributed by atoms with van der Waals surface area (Å²) >= 11 is 1.85. The van der Waals surface area contributed by atoms with E-state index < -0.39 is 0 Å². The first-order valence-electron chi connectivity index (χ1n) is 8.20. The minimum absolute atomic E-state index is 0.0323. The van der Waals surface area contributed by atoms with Gasteiger partial charge in [0, 0.05) is 43.4 Å². The Hall–Kier alpha value is -1.04. The summed E-state index contributed by atoms with van der Waals surface area (Å²) in [6.45, 7) is 10.3. The molecule has 0 aliphatic carbocycles. The molecule has 1 aromatic rings. The number of para-hydroxylation sites is 1. The lowest BCUT2D eigenvalue weighted by Crippen LogP contribution is -2.55. The van der Waals surface area contributed by atoms with Crippen LogP contribution in [0.1, 0.15) is 13.8 Å². The highest BCUT2D eigenvalue weighted by Crippen LogP contribution is 2.34. The smallest absolute Gasteiger partial charge is 0.244 e. The third kappa shape index (κ3) is 3.16. The van der Waals surface area contributed by atoms with Crippen molar-refractivity contribution in [1.29, 1.82) is 0 Å². The van der Waals surface area contributed by atoms with Crippen molar-refractivity contribution in [1.82, 2.24) is 9.80 Å². The molecule has 1 saturated heterocycles. The quantitative estimate of drug-likeness (QED) is 0.853. The van der Waals surface area contributed by atoms with Crippen molar-refractivity contribution in [3.05, 3.63) is 24.3 Å². The summed E-state index contributed by atoms with van der Waals surface area (Å²) in [5.41, 5.74) is 1.09. The third-order valence-corrected chi connectivity index (χ3v) is 5.80. The lowest BCUT2D eigenvalue weighted by Gasteiger charge is -2.39. The number of thioether (sulfide) groups is 1. The summed E-state index contributed by atoms with van der Waals surface area (Å²) in [7, 11) is 0. The average Bonchev–Trinajstić information content (AvgIpc) is 2.60. The first-order chi connectivity index (χ1) is 10.7. The van der Waals surface area contributed by atoms with Crippen LogP contribution < -0.4 is 4.90 Å². The number of amides is 1. The van der Waals surface area contributed by atoms with Crippen molar-refractivity contribution in [2.45, 2.75) is 24.8 Å². The van der Waals surface area contributed by atoms with Gasteiger partial charge in [-0.05, 0) is 25.6 Å². The van der Waals surface area contributed by atoms with Crippen molar-refractivity contribution in [3.63, 3.8) is 0 Å². The van der Waals surface area contributed by atoms with E-state index in [0.29, 0.717) is 0 Å². The molecule has 0 spiro atoms. The zero-order valence-electron chi connectivity index (χ0n) is 13.5. The number of piperazine rings is 1. The number of hydrogen-bond donors (Lipinski definition) is 0. The number of hydrogen-bond acceptors (Lipinski definition) is 4. The predicted molar refractivity (Wildman–Crippen MR) is 92.7 cm³/mol. The summed E-state index contributed by atoms with van der Waals surface area (Å²) in [6.07, 6.45) is 0. The molecule has 1 unspecified atom stereocenters. The van der Waals surface area contributed by atoms with Crippen LogP contribution in [0.25, 0.3) is 0 Å². The van der Waals surface area contributed by atoms with Gasteiger partial charge in [0.2, 0.25) is 5.91 Å². The fourth-order valence-corrected chi connectivity index (χ4v) is 4.24. The molecule has 0 saturated carbocycles. The Morgan fingerprint density at radius 2 is 1.91 bits per heavy atom. The maximum Gasteiger partial charge on any atom is 0.244 e. The second-order valence-electron chi connectivity index (χ2n) is 5.95. The van der Waals surface area contributed by atoms with Crippen LogP contribution in [0.4, 0.5) is 5.69 Å². The second-order valence-corrected chi connectivity index (χ2v) is 7.09. The predicted octanol–water partition coefficient (Wildman–Crippen LogP) is 2.15. The molecule has 0 radical (unpaired) electrons. The van der Waals surface area contributed by atoms with Crippen molar-refractivity contribution >= 4 is 23.4 Å². The van der Waals surface area contributed by atoms with Gasteiger partial charge in [-0.25, -0.2) is 0 Å². The van der Waals surface area contributed by atoms with E-state index in [0.717, 1.165) is 50.7 Å². The van der Waals surface area contributed by atoms with Gasteiger partial charge in [0.1, 0.15) is 0 Å². The number of carbonyl (C=O) groups is 1. The molecule has 2 aliphatic rings. The summed E-state index contributed by atoms with van der Waals surface area (Å²) < 4.78 is 0. The Bertz CT molecular complexity index is 528. The highest BCUT2D eigenvalue weighted by molar-refractivity contribution is 7.99. The molecule has 5 heteroatoms. The fraction of sp³-hybridized carbons (Fsp3) is 0.588. The Balaban J connectivity index is 1.69. The molecule has 2 aliphatic heterocycles. The molecule has 1 amide bonds. The fourth-order valence-electron chi connectivity index (χ4n) is 3.25. The Kier molecular flexibility index (Phi) is 5.06. The summed E-state index contributed by atoms with van der Waals surface area (Å²) in [5, 5.41) is 0. The maximum absolute atomic E-state index is 13.0. The molecule has 22 heavy (non-hydrogen) atoms. The van der Waals surface area contributed by atoms with Crippen LogP contribution in [0.5, 0.6) is 0 Å². The van der Waals surface area contributed by atoms with Crippen LogP contribution in [0.15, 0.2) is 29.2 Å². The number of benzene rings is 1. The van der Waals surface area contributed by atoms with Crippen molar-refractivity contribution in [3.8, 4) is 0 Å². The van der Waals surface area contributed by atoms with Crippen LogP contribution in [0.2, 0.25) is 0 Å². The van der Waals surface area contributed by atoms with Gasteiger partial charge in [0.25, 0.3) is 0 Å². The minimum atomic E-state index is -0.0323. The third-order valence-electron chi connectivity index (χ3n) is 4.75. The number of rotatable bonds is 3. The van der Waals surface area contributed by atoms with Gasteiger partial charge in [-0.2, -0.15) is 0 Å². The van der Waals surface area contributed by atoms with Gasteiger partial charge in [0.05, 0.1) is 11.7 Å². The molecule has 0 bridgehead atoms. The van der Waals surface area contributed by atoms with Gasteiger partial charge in [-0.3, -0.25) is 9.69 Å². The van der Waals surface area contributed by atoms with E-state index in [9.17, 15) is 4.79 Å². The van der Waals surface area contributed by atoms with Gasteiger partial charge in [0.15, 0.2) is 0 Å². The van der Waals surface area contributed by atoms with Gasteiger partial charge < -0.3 is 9.80 Å². The molecular weight excluding hydrogens is 294 g/mol. The molecule has 3 rings (SSSR count). The molecule has 4 nitrogen and oxygen atoms in total. The van der Waals surface area contributed by atoms with E-state index in [1.807, 2.05) is 28.8 Å². The minimum Gasteiger partial charge on any atom is -0.309 e. The highest BCUT2D eigenvalue weighted by atomic mass is 32.2. The number of carbonyl (C=O) groups excluding carboxylic acids is 1. The number of likely N-dealkylation sites (N-methyl/N-ethyl adjacent to an activating group) is 1. The second kappa shape index (κ2) is 7.02. The molecule has 2 heterocycles. The Morgan fingerprint density at radius 3 is 2.64 bits per heavy atom. The molecule has 1 fully saturated rings. The van der Waals surface area contributed by atoms with Crippen molar-refractivity contribution in [2.24, 2.45) is 0 Å². The summed E-state index contributed by atoms with van der Waals surface area (Å²) in [5.74, 6) is 1.23. The van der Waals surface area contributed by atoms with Crippen LogP contribution in [-0.2, 0) is 4.79 Å². The highest BCUT2D eigenvalue weighted by Gasteiger charge is 2.31. The largest absolute Gasteiger partial charge is 0.309 e. The van der Waals surface area contributed by atoms with E-state index in [-0.39, 0.29) is 11.9 Å². The van der Waals surface area contributed by atoms with Crippen molar-refractivity contribution < 1.29 is 4.79 Å². The molecule has 0 aromatic heterocycles. The molecular formula is C17H25N3OS. The van der Waals surface area contributed by atoms with Gasteiger partial charge in [-0.15, -0.1) is 11.8 Å². The van der Waals surface area contributed by atoms with E-state index in [2.05, 4.69) is 35.8 Å². The number of nitrogens with zero attached hydrogens (tertiary/aromatic N) is 3. The van der Waals surface area contributed by atoms with Gasteiger partial charge in [-0.1, -0.05) is 19.1 Å². The van der Waals surface area contributed by atoms with Crippen LogP contribution in [0.3, 0.4) is 0 Å². The summed E-state index contributed by atoms with van der Waals surface area (Å²) in [4.78, 5) is 21.0. The van der Waals surface area contributed by atoms with E-state index in [1.54, 1.807) is 0 Å². The topological polar surface area (TPSA) is 26.8 Å². The summed E-state index contributed by atoms with van der Waals surface area (Å²) in [6, 6.07) is 8.23. The monoisotopic (exact) mass is 319 g/mol. The van der Waals surface area contributed by atoms with E-state index >= 15 is 0 Å². The molecule has 1 atom stereocenters. The van der Waals surface area contributed by atoms with Crippen molar-refractivity contribution in [2.75, 3.05) is 49.9 Å². The molecule has 0 N–H and O–H groups in total. The Labute approximate surface area is 137 Å². The van der Waals surface area contributed by atoms with Crippen LogP contribution in [-0.4, -0.2) is 66.8 Å². The molecule has 120 valence electrons. The Morgan fingerprint density at radius 1 is 1.18 bits per heavy atom. The lowest BCUT2D eigenvalue weighted by molar-refractivity contribution is -0.123. The van der Waals surface area contributed by atoms with E-state index in [1.165, 1.54) is 4.90 Å². The van der Waals surface area contributed by atoms with Crippen LogP contribution >= 0.6 is 11.8 Å². The van der Waals surface area contributed by atoms with Gasteiger partial charge >= 0.3 is 0 Å². The first-order valence-corrected chi connectivity index (χ1v) is 9.19. The SMILES string of the molecule is CCN1CCN(C(C)C(=O)N2CCSc3ccccc32)CC1. The normalized spacial score (nSPS) is 21.5. The lowest BCUT2D eigenvalue weighted by atomic mass is 10.1. The average molecular weight is 319 g/mol. The van der Waals surface area contributed by atoms with E-state index in [4.69, 9.17) is 0 Å². The first kappa shape index (κ1) is 15.8. The maximum atomic E-state index is 13.0. The zero-order chi connectivity index (χ0) is 15.5. The zero-order valence-corrected chi connectivity index (χ0v) is 14.3.